The smallest absolute Gasteiger partial charge is 0.258 e. The van der Waals surface area contributed by atoms with Crippen LogP contribution in [0, 0.1) is 23.0 Å². The normalized spacial score (nSPS) is 20.8. The Kier molecular flexibility index (Phi) is 4.10. The van der Waals surface area contributed by atoms with Crippen LogP contribution >= 0.6 is 0 Å². The van der Waals surface area contributed by atoms with Crippen LogP contribution in [0.3, 0.4) is 0 Å². The number of aryl methyl sites for hydroxylation is 1. The Morgan fingerprint density at radius 2 is 2.10 bits per heavy atom. The van der Waals surface area contributed by atoms with Crippen LogP contribution in [0.25, 0.3) is 0 Å². The fourth-order valence-electron chi connectivity index (χ4n) is 2.46. The molecule has 0 aliphatic carbocycles. The molecular weight excluding hydrogens is 280 g/mol. The van der Waals surface area contributed by atoms with E-state index in [4.69, 9.17) is 0 Å². The van der Waals surface area contributed by atoms with Gasteiger partial charge >= 0.3 is 0 Å². The first kappa shape index (κ1) is 14.9. The number of sulfonamides is 1. The molecule has 6 nitrogen and oxygen atoms in total. The molecule has 7 heteroatoms. The molecule has 0 bridgehead atoms. The predicted octanol–water partition coefficient (Wildman–Crippen LogP) is 2.32. The summed E-state index contributed by atoms with van der Waals surface area (Å²) in [4.78, 5) is 10.4. The highest BCUT2D eigenvalue weighted by Crippen LogP contribution is 2.27. The standard InChI is InChI=1S/C13H18N2O4S/c1-10-4-3-7-14(9-10)20(18,19)12-6-5-11(2)13(8-12)15(16)17/h5-6,8,10H,3-4,7,9H2,1-2H3/t10-/m0/s1. The highest BCUT2D eigenvalue weighted by Gasteiger charge is 2.30. The fourth-order valence-corrected chi connectivity index (χ4v) is 4.08. The van der Waals surface area contributed by atoms with Gasteiger partial charge in [-0.1, -0.05) is 13.0 Å². The second-order valence-corrected chi connectivity index (χ2v) is 7.25. The Hall–Kier alpha value is -1.47. The van der Waals surface area contributed by atoms with E-state index in [0.717, 1.165) is 18.9 Å². The Balaban J connectivity index is 2.39. The van der Waals surface area contributed by atoms with Gasteiger partial charge in [0.15, 0.2) is 0 Å². The Labute approximate surface area is 118 Å². The van der Waals surface area contributed by atoms with Crippen molar-refractivity contribution in [1.82, 2.24) is 4.31 Å². The molecule has 1 atom stereocenters. The fraction of sp³-hybridized carbons (Fsp3) is 0.538. The van der Waals surface area contributed by atoms with Crippen LogP contribution in [0.4, 0.5) is 5.69 Å². The summed E-state index contributed by atoms with van der Waals surface area (Å²) < 4.78 is 26.5. The van der Waals surface area contributed by atoms with Crippen LogP contribution in [0.5, 0.6) is 0 Å². The number of benzene rings is 1. The average molecular weight is 298 g/mol. The first-order valence-corrected chi connectivity index (χ1v) is 8.01. The third-order valence-electron chi connectivity index (χ3n) is 3.63. The van der Waals surface area contributed by atoms with Crippen LogP contribution in [-0.4, -0.2) is 30.7 Å². The van der Waals surface area contributed by atoms with E-state index < -0.39 is 14.9 Å². The molecule has 110 valence electrons. The molecule has 1 aromatic rings. The minimum absolute atomic E-state index is 0.00361. The van der Waals surface area contributed by atoms with Gasteiger partial charge in [0.25, 0.3) is 5.69 Å². The third-order valence-corrected chi connectivity index (χ3v) is 5.50. The molecule has 1 aromatic carbocycles. The molecule has 0 spiro atoms. The Morgan fingerprint density at radius 3 is 2.70 bits per heavy atom. The van der Waals surface area contributed by atoms with Gasteiger partial charge in [-0.2, -0.15) is 4.31 Å². The van der Waals surface area contributed by atoms with Crippen molar-refractivity contribution in [3.8, 4) is 0 Å². The number of hydrogen-bond acceptors (Lipinski definition) is 4. The maximum absolute atomic E-state index is 12.5. The van der Waals surface area contributed by atoms with E-state index in [-0.39, 0.29) is 10.6 Å². The average Bonchev–Trinajstić information content (AvgIpc) is 2.38. The van der Waals surface area contributed by atoms with E-state index in [1.165, 1.54) is 16.4 Å². The van der Waals surface area contributed by atoms with Crippen LogP contribution < -0.4 is 0 Å². The maximum atomic E-state index is 12.5. The topological polar surface area (TPSA) is 80.5 Å². The molecular formula is C13H18N2O4S. The lowest BCUT2D eigenvalue weighted by atomic mass is 10.0. The molecule has 1 fully saturated rings. The lowest BCUT2D eigenvalue weighted by Gasteiger charge is -2.29. The number of nitro groups is 1. The quantitative estimate of drug-likeness (QED) is 0.633. The van der Waals surface area contributed by atoms with Crippen molar-refractivity contribution < 1.29 is 13.3 Å². The largest absolute Gasteiger partial charge is 0.273 e. The van der Waals surface area contributed by atoms with Gasteiger partial charge in [-0.05, 0) is 31.7 Å². The first-order valence-electron chi connectivity index (χ1n) is 6.57. The molecule has 1 heterocycles. The van der Waals surface area contributed by atoms with Gasteiger partial charge in [0.1, 0.15) is 0 Å². The third kappa shape index (κ3) is 2.83. The van der Waals surface area contributed by atoms with Crippen LogP contribution in [0.1, 0.15) is 25.3 Å². The second-order valence-electron chi connectivity index (χ2n) is 5.32. The minimum Gasteiger partial charge on any atom is -0.258 e. The van der Waals surface area contributed by atoms with Crippen molar-refractivity contribution in [1.29, 1.82) is 0 Å². The molecule has 1 aliphatic heterocycles. The highest BCUT2D eigenvalue weighted by atomic mass is 32.2. The summed E-state index contributed by atoms with van der Waals surface area (Å²) >= 11 is 0. The van der Waals surface area contributed by atoms with Crippen molar-refractivity contribution >= 4 is 15.7 Å². The van der Waals surface area contributed by atoms with E-state index in [0.29, 0.717) is 24.6 Å². The minimum atomic E-state index is -3.64. The van der Waals surface area contributed by atoms with E-state index in [1.807, 2.05) is 6.92 Å². The van der Waals surface area contributed by atoms with Gasteiger partial charge in [-0.15, -0.1) is 0 Å². The number of hydrogen-bond donors (Lipinski definition) is 0. The van der Waals surface area contributed by atoms with E-state index >= 15 is 0 Å². The zero-order chi connectivity index (χ0) is 14.9. The van der Waals surface area contributed by atoms with Crippen molar-refractivity contribution in [2.75, 3.05) is 13.1 Å². The molecule has 0 amide bonds. The molecule has 2 rings (SSSR count). The molecule has 0 aromatic heterocycles. The van der Waals surface area contributed by atoms with Crippen LogP contribution in [0.2, 0.25) is 0 Å². The summed E-state index contributed by atoms with van der Waals surface area (Å²) in [5, 5.41) is 10.9. The first-order chi connectivity index (χ1) is 9.32. The Bertz CT molecular complexity index is 627. The van der Waals surface area contributed by atoms with Gasteiger partial charge in [-0.3, -0.25) is 10.1 Å². The number of rotatable bonds is 3. The number of nitro benzene ring substituents is 1. The molecule has 1 saturated heterocycles. The number of piperidine rings is 1. The number of nitrogens with zero attached hydrogens (tertiary/aromatic N) is 2. The summed E-state index contributed by atoms with van der Waals surface area (Å²) in [6, 6.07) is 4.08. The lowest BCUT2D eigenvalue weighted by molar-refractivity contribution is -0.385. The van der Waals surface area contributed by atoms with Gasteiger partial charge in [-0.25, -0.2) is 8.42 Å². The van der Waals surface area contributed by atoms with E-state index in [2.05, 4.69) is 0 Å². The second kappa shape index (κ2) is 5.49. The Morgan fingerprint density at radius 1 is 1.40 bits per heavy atom. The molecule has 0 radical (unpaired) electrons. The summed E-state index contributed by atoms with van der Waals surface area (Å²) in [7, 11) is -3.64. The van der Waals surface area contributed by atoms with E-state index in [1.54, 1.807) is 6.92 Å². The molecule has 20 heavy (non-hydrogen) atoms. The van der Waals surface area contributed by atoms with Gasteiger partial charge in [0.05, 0.1) is 9.82 Å². The molecule has 0 unspecified atom stereocenters. The zero-order valence-electron chi connectivity index (χ0n) is 11.6. The van der Waals surface area contributed by atoms with Gasteiger partial charge < -0.3 is 0 Å². The zero-order valence-corrected chi connectivity index (χ0v) is 12.4. The van der Waals surface area contributed by atoms with Crippen molar-refractivity contribution in [3.05, 3.63) is 33.9 Å². The van der Waals surface area contributed by atoms with Crippen LogP contribution in [-0.2, 0) is 10.0 Å². The summed E-state index contributed by atoms with van der Waals surface area (Å²) in [5.74, 6) is 0.318. The summed E-state index contributed by atoms with van der Waals surface area (Å²) in [6.07, 6.45) is 1.84. The van der Waals surface area contributed by atoms with Gasteiger partial charge in [0.2, 0.25) is 10.0 Å². The van der Waals surface area contributed by atoms with Crippen molar-refractivity contribution in [2.45, 2.75) is 31.6 Å². The van der Waals surface area contributed by atoms with Crippen molar-refractivity contribution in [3.63, 3.8) is 0 Å². The lowest BCUT2D eigenvalue weighted by Crippen LogP contribution is -2.39. The van der Waals surface area contributed by atoms with Crippen molar-refractivity contribution in [2.24, 2.45) is 5.92 Å². The molecule has 1 aliphatic rings. The maximum Gasteiger partial charge on any atom is 0.273 e. The van der Waals surface area contributed by atoms with Crippen LogP contribution in [0.15, 0.2) is 23.1 Å². The molecule has 0 saturated carbocycles. The monoisotopic (exact) mass is 298 g/mol. The van der Waals surface area contributed by atoms with E-state index in [9.17, 15) is 18.5 Å². The highest BCUT2D eigenvalue weighted by molar-refractivity contribution is 7.89. The predicted molar refractivity (Wildman–Crippen MR) is 75.0 cm³/mol. The SMILES string of the molecule is Cc1ccc(S(=O)(=O)N2CCC[C@H](C)C2)cc1[N+](=O)[O-]. The summed E-state index contributed by atoms with van der Waals surface area (Å²) in [5.41, 5.74) is 0.303. The summed E-state index contributed by atoms with van der Waals surface area (Å²) in [6.45, 7) is 4.56. The molecule has 0 N–H and O–H groups in total. The van der Waals surface area contributed by atoms with Gasteiger partial charge in [0, 0.05) is 24.7 Å².